The largest absolute Gasteiger partial charge is 0.322 e. The van der Waals surface area contributed by atoms with E-state index >= 15 is 0 Å². The Bertz CT molecular complexity index is 999. The lowest BCUT2D eigenvalue weighted by atomic mass is 9.53. The molecule has 41 heavy (non-hydrogen) atoms. The molecule has 0 N–H and O–H groups in total. The van der Waals surface area contributed by atoms with Crippen molar-refractivity contribution in [3.8, 4) is 0 Å². The lowest BCUT2D eigenvalue weighted by molar-refractivity contribution is -0.597. The number of hydrogen-bond acceptors (Lipinski definition) is 9. The normalized spacial score (nSPS) is 60.0. The van der Waals surface area contributed by atoms with E-state index < -0.39 is 47.9 Å². The Morgan fingerprint density at radius 3 is 1.37 bits per heavy atom. The monoisotopic (exact) mass is 578 g/mol. The van der Waals surface area contributed by atoms with Gasteiger partial charge in [0.1, 0.15) is 0 Å². The second-order valence-electron chi connectivity index (χ2n) is 16.4. The van der Waals surface area contributed by atoms with Crippen LogP contribution in [0.25, 0.3) is 0 Å². The highest BCUT2D eigenvalue weighted by Crippen LogP contribution is 2.66. The summed E-state index contributed by atoms with van der Waals surface area (Å²) in [7, 11) is 0. The lowest BCUT2D eigenvalue weighted by Gasteiger charge is -2.65. The van der Waals surface area contributed by atoms with E-state index in [1.54, 1.807) is 0 Å². The van der Waals surface area contributed by atoms with Crippen molar-refractivity contribution in [3.05, 3.63) is 0 Å². The van der Waals surface area contributed by atoms with Gasteiger partial charge in [-0.25, -0.2) is 19.6 Å². The Balaban J connectivity index is 1.14. The van der Waals surface area contributed by atoms with E-state index in [4.69, 9.17) is 43.2 Å². The van der Waals surface area contributed by atoms with E-state index in [0.717, 1.165) is 51.4 Å². The van der Waals surface area contributed by atoms with Crippen molar-refractivity contribution >= 4 is 0 Å². The maximum Gasteiger partial charge on any atom is 0.201 e. The standard InChI is InChI=1S/C32H50O9/c1-17-9-11-21-27(3,4)23(34-25-31(21)19(17)13-15-29(7,36-25)38-40-31)33-24-28(5,6)22-12-10-18(2)20-14-16-30(8)37-26(35-24)32(20,22)41-39-30/h17-26H,9-16H2,1-8H3/t17-,18-,19+,20+,21+,22+,23+,24+,25-,26-,29-,30-,31-,32-/m1/s1. The number of ether oxygens (including phenoxy) is 5. The lowest BCUT2D eigenvalue weighted by Crippen LogP contribution is -2.75. The summed E-state index contributed by atoms with van der Waals surface area (Å²) in [6.45, 7) is 17.6. The first kappa shape index (κ1) is 28.1. The molecular formula is C32H50O9. The predicted molar refractivity (Wildman–Crippen MR) is 144 cm³/mol. The first-order valence-electron chi connectivity index (χ1n) is 16.3. The van der Waals surface area contributed by atoms with E-state index in [2.05, 4.69) is 41.5 Å². The first-order valence-corrected chi connectivity index (χ1v) is 16.3. The van der Waals surface area contributed by atoms with Crippen LogP contribution in [0.4, 0.5) is 0 Å². The summed E-state index contributed by atoms with van der Waals surface area (Å²) in [4.78, 5) is 24.9. The molecule has 232 valence electrons. The van der Waals surface area contributed by atoms with Crippen molar-refractivity contribution < 1.29 is 43.2 Å². The third-order valence-electron chi connectivity index (χ3n) is 13.2. The number of hydrogen-bond donors (Lipinski definition) is 0. The van der Waals surface area contributed by atoms with E-state index in [0.29, 0.717) is 23.7 Å². The van der Waals surface area contributed by atoms with E-state index in [9.17, 15) is 0 Å². The molecule has 8 heterocycles. The summed E-state index contributed by atoms with van der Waals surface area (Å²) >= 11 is 0. The summed E-state index contributed by atoms with van der Waals surface area (Å²) in [5.41, 5.74) is -2.07. The van der Waals surface area contributed by atoms with Gasteiger partial charge in [-0.05, 0) is 76.0 Å². The van der Waals surface area contributed by atoms with Gasteiger partial charge in [0.2, 0.25) is 11.6 Å². The van der Waals surface area contributed by atoms with Gasteiger partial charge in [-0.1, -0.05) is 41.5 Å². The Labute approximate surface area is 244 Å². The molecular weight excluding hydrogens is 528 g/mol. The summed E-state index contributed by atoms with van der Waals surface area (Å²) in [6, 6.07) is 0. The van der Waals surface area contributed by atoms with Gasteiger partial charge < -0.3 is 23.7 Å². The highest BCUT2D eigenvalue weighted by Gasteiger charge is 2.75. The van der Waals surface area contributed by atoms with E-state index in [1.165, 1.54) is 0 Å². The molecule has 2 spiro atoms. The van der Waals surface area contributed by atoms with Crippen molar-refractivity contribution in [2.24, 2.45) is 46.3 Å². The zero-order valence-corrected chi connectivity index (χ0v) is 26.1. The van der Waals surface area contributed by atoms with Crippen LogP contribution in [-0.4, -0.2) is 47.9 Å². The Hall–Kier alpha value is -0.360. The van der Waals surface area contributed by atoms with Crippen LogP contribution in [-0.2, 0) is 43.2 Å². The maximum absolute atomic E-state index is 7.06. The van der Waals surface area contributed by atoms with Crippen LogP contribution in [0.2, 0.25) is 0 Å². The molecule has 10 rings (SSSR count). The molecule has 2 aliphatic carbocycles. The van der Waals surface area contributed by atoms with Gasteiger partial charge in [-0.2, -0.15) is 0 Å². The molecule has 10 fully saturated rings. The molecule has 10 aliphatic rings. The van der Waals surface area contributed by atoms with Gasteiger partial charge in [0, 0.05) is 35.5 Å². The molecule has 0 aromatic rings. The zero-order chi connectivity index (χ0) is 28.8. The molecule has 0 aromatic carbocycles. The summed E-state index contributed by atoms with van der Waals surface area (Å²) in [5.74, 6) is 0.225. The third-order valence-corrected chi connectivity index (χ3v) is 13.2. The second kappa shape index (κ2) is 8.67. The Morgan fingerprint density at radius 1 is 0.537 bits per heavy atom. The van der Waals surface area contributed by atoms with Crippen LogP contribution in [0.5, 0.6) is 0 Å². The molecule has 0 amide bonds. The van der Waals surface area contributed by atoms with Crippen molar-refractivity contribution in [3.63, 3.8) is 0 Å². The Morgan fingerprint density at radius 2 is 0.951 bits per heavy atom. The van der Waals surface area contributed by atoms with Crippen LogP contribution in [0, 0.1) is 46.3 Å². The third kappa shape index (κ3) is 3.56. The fourth-order valence-corrected chi connectivity index (χ4v) is 10.8. The van der Waals surface area contributed by atoms with Gasteiger partial charge in [0.15, 0.2) is 36.4 Å². The van der Waals surface area contributed by atoms with Crippen LogP contribution < -0.4 is 0 Å². The quantitative estimate of drug-likeness (QED) is 0.356. The maximum atomic E-state index is 7.06. The second-order valence-corrected chi connectivity index (χ2v) is 16.4. The van der Waals surface area contributed by atoms with Gasteiger partial charge in [-0.3, -0.25) is 0 Å². The smallest absolute Gasteiger partial charge is 0.201 e. The van der Waals surface area contributed by atoms with Crippen molar-refractivity contribution in [1.82, 2.24) is 0 Å². The van der Waals surface area contributed by atoms with Crippen molar-refractivity contribution in [2.75, 3.05) is 0 Å². The fourth-order valence-electron chi connectivity index (χ4n) is 10.8. The average Bonchev–Trinajstić information content (AvgIpc) is 3.27. The molecule has 2 saturated carbocycles. The van der Waals surface area contributed by atoms with Crippen LogP contribution in [0.1, 0.15) is 107 Å². The van der Waals surface area contributed by atoms with Gasteiger partial charge in [0.05, 0.1) is 0 Å². The number of rotatable bonds is 2. The fraction of sp³-hybridized carbons (Fsp3) is 1.00. The average molecular weight is 579 g/mol. The molecule has 9 nitrogen and oxygen atoms in total. The van der Waals surface area contributed by atoms with Crippen LogP contribution in [0.3, 0.4) is 0 Å². The minimum Gasteiger partial charge on any atom is -0.322 e. The van der Waals surface area contributed by atoms with Gasteiger partial charge >= 0.3 is 0 Å². The first-order chi connectivity index (χ1) is 19.3. The van der Waals surface area contributed by atoms with Gasteiger partial charge in [-0.15, -0.1) is 0 Å². The summed E-state index contributed by atoms with van der Waals surface area (Å²) in [5, 5.41) is 0. The molecule has 0 aromatic heterocycles. The van der Waals surface area contributed by atoms with Crippen molar-refractivity contribution in [2.45, 2.75) is 155 Å². The SMILES string of the molecule is C[C@@H]1CC[C@H]2C(C)(C)[C@@H](O[C@H]3O[C@@H]4O[C@@]5(C)CC[C@H]6[C@H](C)CC[C@@H](C3(C)C)[C@@]46OO5)O[C@@H]3O[C@@]4(C)CC[C@@H]1[C@]32OO4. The summed E-state index contributed by atoms with van der Waals surface area (Å²) < 4.78 is 34.1. The molecule has 8 aliphatic heterocycles. The Kier molecular flexibility index (Phi) is 5.95. The molecule has 0 radical (unpaired) electrons. The molecule has 4 bridgehead atoms. The molecule has 0 unspecified atom stereocenters. The molecule has 14 atom stereocenters. The highest BCUT2D eigenvalue weighted by atomic mass is 17.3. The summed E-state index contributed by atoms with van der Waals surface area (Å²) in [6.07, 6.45) is 5.59. The van der Waals surface area contributed by atoms with E-state index in [1.807, 2.05) is 13.8 Å². The minimum atomic E-state index is -0.829. The van der Waals surface area contributed by atoms with Crippen LogP contribution in [0.15, 0.2) is 0 Å². The highest BCUT2D eigenvalue weighted by molar-refractivity contribution is 5.14. The van der Waals surface area contributed by atoms with E-state index in [-0.39, 0.29) is 22.7 Å². The zero-order valence-electron chi connectivity index (χ0n) is 26.1. The van der Waals surface area contributed by atoms with Crippen LogP contribution >= 0.6 is 0 Å². The van der Waals surface area contributed by atoms with Gasteiger partial charge in [0.25, 0.3) is 0 Å². The molecule has 9 heteroatoms. The number of fused-ring (bicyclic) bond motifs is 4. The van der Waals surface area contributed by atoms with Crippen molar-refractivity contribution in [1.29, 1.82) is 0 Å². The minimum absolute atomic E-state index is 0.140. The predicted octanol–water partition coefficient (Wildman–Crippen LogP) is 6.20. The molecule has 8 saturated heterocycles. The topological polar surface area (TPSA) is 83.1 Å².